The Bertz CT molecular complexity index is 1270. The number of hydrogen-bond donors (Lipinski definition) is 1. The minimum absolute atomic E-state index is 0.0135. The molecule has 4 rings (SSSR count). The molecule has 0 spiro atoms. The second-order valence-corrected chi connectivity index (χ2v) is 9.22. The standard InChI is InChI=1S/C30H35N3O2/c1-22-19-23(2)21-25(20-22)35-18-9-8-17-33-28-14-7-6-13-27(28)32-29(33)15-10-16-31-30(34)26-12-5-4-11-24(26)3/h4-7,11-14,19-21H,8-10,15-18H2,1-3H3,(H,31,34). The third-order valence-electron chi connectivity index (χ3n) is 6.23. The van der Waals surface area contributed by atoms with Crippen LogP contribution in [0.2, 0.25) is 0 Å². The van der Waals surface area contributed by atoms with E-state index >= 15 is 0 Å². The van der Waals surface area contributed by atoms with Crippen molar-refractivity contribution in [1.82, 2.24) is 14.9 Å². The number of imidazole rings is 1. The molecule has 0 aliphatic carbocycles. The van der Waals surface area contributed by atoms with Gasteiger partial charge >= 0.3 is 0 Å². The zero-order valence-electron chi connectivity index (χ0n) is 21.0. The molecule has 1 N–H and O–H groups in total. The van der Waals surface area contributed by atoms with Crippen molar-refractivity contribution in [3.05, 3.63) is 94.8 Å². The number of nitrogens with one attached hydrogen (secondary N) is 1. The molecule has 0 fully saturated rings. The summed E-state index contributed by atoms with van der Waals surface area (Å²) >= 11 is 0. The van der Waals surface area contributed by atoms with E-state index in [0.717, 1.165) is 60.4 Å². The van der Waals surface area contributed by atoms with Gasteiger partial charge in [-0.1, -0.05) is 36.4 Å². The van der Waals surface area contributed by atoms with Gasteiger partial charge in [0.1, 0.15) is 11.6 Å². The smallest absolute Gasteiger partial charge is 0.251 e. The predicted octanol–water partition coefficient (Wildman–Crippen LogP) is 6.18. The Labute approximate surface area is 208 Å². The van der Waals surface area contributed by atoms with Crippen LogP contribution >= 0.6 is 0 Å². The van der Waals surface area contributed by atoms with E-state index in [4.69, 9.17) is 9.72 Å². The highest BCUT2D eigenvalue weighted by Gasteiger charge is 2.11. The maximum atomic E-state index is 12.5. The van der Waals surface area contributed by atoms with Crippen molar-refractivity contribution in [1.29, 1.82) is 0 Å². The molecule has 1 heterocycles. The summed E-state index contributed by atoms with van der Waals surface area (Å²) in [6, 6.07) is 22.3. The summed E-state index contributed by atoms with van der Waals surface area (Å²) in [5, 5.41) is 3.05. The van der Waals surface area contributed by atoms with Gasteiger partial charge in [0.05, 0.1) is 17.6 Å². The SMILES string of the molecule is Cc1cc(C)cc(OCCCCn2c(CCCNC(=O)c3ccccc3C)nc3ccccc32)c1. The minimum Gasteiger partial charge on any atom is -0.494 e. The number of nitrogens with zero attached hydrogens (tertiary/aromatic N) is 2. The number of ether oxygens (including phenoxy) is 1. The predicted molar refractivity (Wildman–Crippen MR) is 142 cm³/mol. The van der Waals surface area contributed by atoms with Crippen molar-refractivity contribution in [2.45, 2.75) is 53.0 Å². The zero-order valence-corrected chi connectivity index (χ0v) is 21.0. The van der Waals surface area contributed by atoms with E-state index in [0.29, 0.717) is 13.2 Å². The first-order chi connectivity index (χ1) is 17.0. The van der Waals surface area contributed by atoms with Crippen LogP contribution in [0, 0.1) is 20.8 Å². The van der Waals surface area contributed by atoms with E-state index in [1.54, 1.807) is 0 Å². The summed E-state index contributed by atoms with van der Waals surface area (Å²) in [6.07, 6.45) is 3.66. The summed E-state index contributed by atoms with van der Waals surface area (Å²) in [6.45, 7) is 8.39. The molecular formula is C30H35N3O2. The third-order valence-corrected chi connectivity index (χ3v) is 6.23. The third kappa shape index (κ3) is 6.50. The molecule has 0 unspecified atom stereocenters. The Morgan fingerprint density at radius 2 is 1.66 bits per heavy atom. The lowest BCUT2D eigenvalue weighted by Gasteiger charge is -2.11. The number of carbonyl (C=O) groups is 1. The Balaban J connectivity index is 1.30. The average molecular weight is 470 g/mol. The van der Waals surface area contributed by atoms with E-state index in [1.807, 2.05) is 37.3 Å². The number of aromatic nitrogens is 2. The van der Waals surface area contributed by atoms with Crippen molar-refractivity contribution < 1.29 is 9.53 Å². The molecule has 4 aromatic rings. The number of aryl methyl sites for hydroxylation is 5. The van der Waals surface area contributed by atoms with Crippen molar-refractivity contribution in [2.24, 2.45) is 0 Å². The number of para-hydroxylation sites is 2. The summed E-state index contributed by atoms with van der Waals surface area (Å²) in [4.78, 5) is 17.4. The van der Waals surface area contributed by atoms with Gasteiger partial charge in [0, 0.05) is 25.1 Å². The highest BCUT2D eigenvalue weighted by Crippen LogP contribution is 2.19. The van der Waals surface area contributed by atoms with E-state index in [-0.39, 0.29) is 5.91 Å². The normalized spacial score (nSPS) is 11.1. The molecule has 35 heavy (non-hydrogen) atoms. The molecule has 3 aromatic carbocycles. The lowest BCUT2D eigenvalue weighted by atomic mass is 10.1. The Kier molecular flexibility index (Phi) is 8.19. The Morgan fingerprint density at radius 1 is 0.914 bits per heavy atom. The molecule has 0 aliphatic rings. The van der Waals surface area contributed by atoms with Crippen LogP contribution in [0.15, 0.2) is 66.7 Å². The fourth-order valence-corrected chi connectivity index (χ4v) is 4.52. The van der Waals surface area contributed by atoms with Gasteiger partial charge < -0.3 is 14.6 Å². The largest absolute Gasteiger partial charge is 0.494 e. The first-order valence-corrected chi connectivity index (χ1v) is 12.5. The zero-order chi connectivity index (χ0) is 24.6. The van der Waals surface area contributed by atoms with E-state index < -0.39 is 0 Å². The molecule has 0 bridgehead atoms. The van der Waals surface area contributed by atoms with E-state index in [1.165, 1.54) is 16.6 Å². The van der Waals surface area contributed by atoms with Crippen molar-refractivity contribution >= 4 is 16.9 Å². The van der Waals surface area contributed by atoms with Crippen LogP contribution in [0.3, 0.4) is 0 Å². The van der Waals surface area contributed by atoms with Crippen molar-refractivity contribution in [3.8, 4) is 5.75 Å². The van der Waals surface area contributed by atoms with Gasteiger partial charge in [-0.15, -0.1) is 0 Å². The lowest BCUT2D eigenvalue weighted by molar-refractivity contribution is 0.0952. The second kappa shape index (κ2) is 11.7. The summed E-state index contributed by atoms with van der Waals surface area (Å²) in [5.41, 5.74) is 6.38. The number of benzene rings is 3. The number of fused-ring (bicyclic) bond motifs is 1. The second-order valence-electron chi connectivity index (χ2n) is 9.22. The number of hydrogen-bond acceptors (Lipinski definition) is 3. The highest BCUT2D eigenvalue weighted by molar-refractivity contribution is 5.95. The minimum atomic E-state index is -0.0135. The van der Waals surface area contributed by atoms with Gasteiger partial charge in [0.15, 0.2) is 0 Å². The van der Waals surface area contributed by atoms with Crippen LogP contribution in [0.4, 0.5) is 0 Å². The maximum Gasteiger partial charge on any atom is 0.251 e. The maximum absolute atomic E-state index is 12.5. The number of amides is 1. The van der Waals surface area contributed by atoms with Gasteiger partial charge in [-0.2, -0.15) is 0 Å². The average Bonchev–Trinajstić information content (AvgIpc) is 3.18. The van der Waals surface area contributed by atoms with Gasteiger partial charge in [-0.3, -0.25) is 4.79 Å². The number of rotatable bonds is 11. The van der Waals surface area contributed by atoms with Crippen molar-refractivity contribution in [3.63, 3.8) is 0 Å². The highest BCUT2D eigenvalue weighted by atomic mass is 16.5. The molecule has 5 heteroatoms. The topological polar surface area (TPSA) is 56.1 Å². The van der Waals surface area contributed by atoms with E-state index in [9.17, 15) is 4.79 Å². The number of unbranched alkanes of at least 4 members (excludes halogenated alkanes) is 1. The summed E-state index contributed by atoms with van der Waals surface area (Å²) < 4.78 is 8.32. The van der Waals surface area contributed by atoms with Crippen LogP contribution in [0.1, 0.15) is 52.1 Å². The Hall–Kier alpha value is -3.60. The van der Waals surface area contributed by atoms with Gasteiger partial charge in [-0.05, 0) is 87.1 Å². The fraction of sp³-hybridized carbons (Fsp3) is 0.333. The van der Waals surface area contributed by atoms with Gasteiger partial charge in [0.2, 0.25) is 0 Å². The van der Waals surface area contributed by atoms with Crippen LogP contribution < -0.4 is 10.1 Å². The molecule has 1 aromatic heterocycles. The molecule has 0 aliphatic heterocycles. The van der Waals surface area contributed by atoms with Crippen LogP contribution in [-0.4, -0.2) is 28.6 Å². The van der Waals surface area contributed by atoms with Crippen LogP contribution in [0.25, 0.3) is 11.0 Å². The number of carbonyl (C=O) groups excluding carboxylic acids is 1. The van der Waals surface area contributed by atoms with Crippen LogP contribution in [-0.2, 0) is 13.0 Å². The van der Waals surface area contributed by atoms with E-state index in [2.05, 4.69) is 60.1 Å². The van der Waals surface area contributed by atoms with Crippen molar-refractivity contribution in [2.75, 3.05) is 13.2 Å². The fourth-order valence-electron chi connectivity index (χ4n) is 4.52. The molecule has 0 saturated heterocycles. The van der Waals surface area contributed by atoms with Gasteiger partial charge in [0.25, 0.3) is 5.91 Å². The lowest BCUT2D eigenvalue weighted by Crippen LogP contribution is -2.25. The first kappa shape index (κ1) is 24.5. The molecule has 1 amide bonds. The first-order valence-electron chi connectivity index (χ1n) is 12.5. The van der Waals surface area contributed by atoms with Gasteiger partial charge in [-0.25, -0.2) is 4.98 Å². The molecule has 5 nitrogen and oxygen atoms in total. The molecule has 182 valence electrons. The summed E-state index contributed by atoms with van der Waals surface area (Å²) in [7, 11) is 0. The molecule has 0 saturated carbocycles. The molecular weight excluding hydrogens is 434 g/mol. The van der Waals surface area contributed by atoms with Crippen LogP contribution in [0.5, 0.6) is 5.75 Å². The monoisotopic (exact) mass is 469 g/mol. The Morgan fingerprint density at radius 3 is 2.46 bits per heavy atom. The quantitative estimate of drug-likeness (QED) is 0.267. The molecule has 0 atom stereocenters. The summed E-state index contributed by atoms with van der Waals surface area (Å²) in [5.74, 6) is 2.01. The molecule has 0 radical (unpaired) electrons.